The fraction of sp³-hybridized carbons (Fsp3) is 0.478. The van der Waals surface area contributed by atoms with Crippen molar-refractivity contribution in [2.75, 3.05) is 25.1 Å². The lowest BCUT2D eigenvalue weighted by Crippen LogP contribution is -2.50. The van der Waals surface area contributed by atoms with Gasteiger partial charge in [0.1, 0.15) is 6.10 Å². The van der Waals surface area contributed by atoms with Crippen LogP contribution in [0.5, 0.6) is 11.5 Å². The number of hydrogen-bond donors (Lipinski definition) is 1. The number of allylic oxidation sites excluding steroid dienone is 1. The van der Waals surface area contributed by atoms with Gasteiger partial charge in [0.25, 0.3) is 0 Å². The lowest BCUT2D eigenvalue weighted by molar-refractivity contribution is -0.131. The number of aromatic nitrogens is 1. The summed E-state index contributed by atoms with van der Waals surface area (Å²) in [7, 11) is 1.65. The van der Waals surface area contributed by atoms with Gasteiger partial charge in [-0.15, -0.1) is 17.9 Å². The molecule has 4 rings (SSSR count). The van der Waals surface area contributed by atoms with Crippen molar-refractivity contribution in [2.24, 2.45) is 5.92 Å². The third-order valence-electron chi connectivity index (χ3n) is 5.90. The monoisotopic (exact) mass is 427 g/mol. The molecule has 0 spiro atoms. The van der Waals surface area contributed by atoms with Crippen molar-refractivity contribution >= 4 is 22.4 Å². The van der Waals surface area contributed by atoms with E-state index in [-0.39, 0.29) is 24.0 Å². The number of benzene rings is 1. The summed E-state index contributed by atoms with van der Waals surface area (Å²) >= 11 is 1.67. The predicted octanol–water partition coefficient (Wildman–Crippen LogP) is 3.82. The summed E-state index contributed by atoms with van der Waals surface area (Å²) in [5.41, 5.74) is 1.14. The van der Waals surface area contributed by atoms with Crippen LogP contribution in [0.3, 0.4) is 0 Å². The van der Waals surface area contributed by atoms with Crippen LogP contribution < -0.4 is 19.7 Å². The first-order valence-electron chi connectivity index (χ1n) is 10.6. The van der Waals surface area contributed by atoms with Crippen LogP contribution in [-0.2, 0) is 11.2 Å². The van der Waals surface area contributed by atoms with E-state index in [9.17, 15) is 4.79 Å². The zero-order chi connectivity index (χ0) is 20.9. The van der Waals surface area contributed by atoms with E-state index in [1.165, 1.54) is 0 Å². The summed E-state index contributed by atoms with van der Waals surface area (Å²) in [4.78, 5) is 19.3. The Morgan fingerprint density at radius 2 is 2.13 bits per heavy atom. The molecule has 0 radical (unpaired) electrons. The molecule has 1 N–H and O–H groups in total. The quantitative estimate of drug-likeness (QED) is 0.649. The van der Waals surface area contributed by atoms with Gasteiger partial charge in [0.2, 0.25) is 5.91 Å². The number of ether oxygens (including phenoxy) is 2. The van der Waals surface area contributed by atoms with Crippen molar-refractivity contribution < 1.29 is 14.3 Å². The van der Waals surface area contributed by atoms with Crippen molar-refractivity contribution in [3.63, 3.8) is 0 Å². The Balaban J connectivity index is 1.22. The fourth-order valence-corrected chi connectivity index (χ4v) is 4.77. The Kier molecular flexibility index (Phi) is 6.57. The maximum atomic E-state index is 12.6. The Morgan fingerprint density at radius 1 is 1.33 bits per heavy atom. The number of amides is 1. The van der Waals surface area contributed by atoms with E-state index in [1.807, 2.05) is 35.9 Å². The maximum Gasteiger partial charge on any atom is 0.223 e. The van der Waals surface area contributed by atoms with Crippen LogP contribution in [-0.4, -0.2) is 43.2 Å². The molecule has 1 aliphatic heterocycles. The van der Waals surface area contributed by atoms with Gasteiger partial charge in [-0.3, -0.25) is 4.79 Å². The van der Waals surface area contributed by atoms with Crippen LogP contribution in [0.25, 0.3) is 0 Å². The molecule has 1 amide bonds. The summed E-state index contributed by atoms with van der Waals surface area (Å²) in [5, 5.41) is 6.32. The molecule has 1 aliphatic carbocycles. The highest BCUT2D eigenvalue weighted by Gasteiger charge is 2.37. The summed E-state index contributed by atoms with van der Waals surface area (Å²) in [6.07, 6.45) is 7.98. The zero-order valence-corrected chi connectivity index (χ0v) is 18.2. The van der Waals surface area contributed by atoms with E-state index in [0.29, 0.717) is 0 Å². The van der Waals surface area contributed by atoms with Gasteiger partial charge in [0.05, 0.1) is 7.11 Å². The minimum Gasteiger partial charge on any atom is -0.493 e. The molecule has 0 atom stereocenters. The average molecular weight is 428 g/mol. The Bertz CT molecular complexity index is 857. The fourth-order valence-electron chi connectivity index (χ4n) is 4.07. The van der Waals surface area contributed by atoms with Crippen LogP contribution >= 0.6 is 11.3 Å². The minimum atomic E-state index is 0.0364. The van der Waals surface area contributed by atoms with Crippen LogP contribution in [0.4, 0.5) is 5.13 Å². The third kappa shape index (κ3) is 4.78. The second-order valence-electron chi connectivity index (χ2n) is 7.97. The first-order chi connectivity index (χ1) is 14.7. The normalized spacial score (nSPS) is 21.6. The minimum absolute atomic E-state index is 0.0364. The number of thiazole rings is 1. The molecule has 1 saturated heterocycles. The highest BCUT2D eigenvalue weighted by Crippen LogP contribution is 2.36. The number of nitrogens with zero attached hydrogens (tertiary/aromatic N) is 2. The molecule has 0 bridgehead atoms. The second kappa shape index (κ2) is 9.51. The van der Waals surface area contributed by atoms with E-state index in [0.717, 1.165) is 67.4 Å². The molecule has 30 heavy (non-hydrogen) atoms. The second-order valence-corrected chi connectivity index (χ2v) is 8.84. The zero-order valence-electron chi connectivity index (χ0n) is 17.4. The van der Waals surface area contributed by atoms with Crippen LogP contribution in [0, 0.1) is 5.92 Å². The summed E-state index contributed by atoms with van der Waals surface area (Å²) in [6.45, 7) is 5.67. The van der Waals surface area contributed by atoms with E-state index >= 15 is 0 Å². The Morgan fingerprint density at radius 3 is 2.80 bits per heavy atom. The molecule has 1 aromatic carbocycles. The van der Waals surface area contributed by atoms with Crippen LogP contribution in [0.1, 0.15) is 31.2 Å². The molecular formula is C23H29N3O3S. The van der Waals surface area contributed by atoms with Crippen molar-refractivity contribution in [3.05, 3.63) is 48.0 Å². The van der Waals surface area contributed by atoms with E-state index in [1.54, 1.807) is 18.4 Å². The molecule has 2 aliphatic rings. The molecule has 160 valence electrons. The first-order valence-corrected chi connectivity index (χ1v) is 11.4. The Hall–Kier alpha value is -2.54. The highest BCUT2D eigenvalue weighted by atomic mass is 32.1. The van der Waals surface area contributed by atoms with Crippen LogP contribution in [0.15, 0.2) is 42.4 Å². The SMILES string of the molecule is C=CCc1ccc(OC)c(OC2CC(C(=O)NC3CCN(c4nccs4)CC3)C2)c1. The standard InChI is InChI=1S/C23H29N3O3S/c1-3-4-16-5-6-20(28-2)21(13-16)29-19-14-17(15-19)22(27)25-18-7-10-26(11-8-18)23-24-9-12-30-23/h3,5-6,9,12-13,17-19H,1,4,7-8,10-11,14-15H2,2H3,(H,25,27). The topological polar surface area (TPSA) is 63.7 Å². The number of rotatable bonds is 8. The number of carbonyl (C=O) groups excluding carboxylic acids is 1. The largest absolute Gasteiger partial charge is 0.493 e. The van der Waals surface area contributed by atoms with Gasteiger partial charge < -0.3 is 19.7 Å². The predicted molar refractivity (Wildman–Crippen MR) is 120 cm³/mol. The van der Waals surface area contributed by atoms with E-state index < -0.39 is 0 Å². The van der Waals surface area contributed by atoms with Crippen LogP contribution in [0.2, 0.25) is 0 Å². The van der Waals surface area contributed by atoms with Crippen molar-refractivity contribution in [2.45, 2.75) is 44.2 Å². The molecule has 2 heterocycles. The van der Waals surface area contributed by atoms with Gasteiger partial charge in [-0.2, -0.15) is 0 Å². The molecule has 1 saturated carbocycles. The smallest absolute Gasteiger partial charge is 0.223 e. The molecule has 6 nitrogen and oxygen atoms in total. The summed E-state index contributed by atoms with van der Waals surface area (Å²) < 4.78 is 11.6. The van der Waals surface area contributed by atoms with E-state index in [2.05, 4.69) is 21.8 Å². The molecule has 7 heteroatoms. The third-order valence-corrected chi connectivity index (χ3v) is 6.73. The first kappa shape index (κ1) is 20.7. The molecule has 2 fully saturated rings. The lowest BCUT2D eigenvalue weighted by atomic mass is 9.81. The van der Waals surface area contributed by atoms with Crippen molar-refractivity contribution in [1.29, 1.82) is 0 Å². The van der Waals surface area contributed by atoms with Gasteiger partial charge in [-0.05, 0) is 49.8 Å². The van der Waals surface area contributed by atoms with Gasteiger partial charge in [-0.25, -0.2) is 4.98 Å². The van der Waals surface area contributed by atoms with Gasteiger partial charge in [0.15, 0.2) is 16.6 Å². The van der Waals surface area contributed by atoms with Gasteiger partial charge in [-0.1, -0.05) is 12.1 Å². The number of methoxy groups -OCH3 is 1. The summed E-state index contributed by atoms with van der Waals surface area (Å²) in [6, 6.07) is 6.20. The molecule has 0 unspecified atom stereocenters. The number of hydrogen-bond acceptors (Lipinski definition) is 6. The molecule has 2 aromatic rings. The maximum absolute atomic E-state index is 12.6. The van der Waals surface area contributed by atoms with Gasteiger partial charge in [0, 0.05) is 36.6 Å². The highest BCUT2D eigenvalue weighted by molar-refractivity contribution is 7.13. The Labute approximate surface area is 181 Å². The van der Waals surface area contributed by atoms with E-state index in [4.69, 9.17) is 9.47 Å². The molecular weight excluding hydrogens is 398 g/mol. The number of nitrogens with one attached hydrogen (secondary N) is 1. The summed E-state index contributed by atoms with van der Waals surface area (Å²) in [5.74, 6) is 1.67. The van der Waals surface area contributed by atoms with Crippen molar-refractivity contribution in [3.8, 4) is 11.5 Å². The number of carbonyl (C=O) groups is 1. The number of piperidine rings is 1. The van der Waals surface area contributed by atoms with Gasteiger partial charge >= 0.3 is 0 Å². The molecule has 1 aromatic heterocycles. The number of anilines is 1. The average Bonchev–Trinajstić information content (AvgIpc) is 3.26. The van der Waals surface area contributed by atoms with Crippen molar-refractivity contribution in [1.82, 2.24) is 10.3 Å². The lowest BCUT2D eigenvalue weighted by Gasteiger charge is -2.37.